The number of likely N-dealkylation sites (tertiary alicyclic amines) is 1. The summed E-state index contributed by atoms with van der Waals surface area (Å²) < 4.78 is 11.9. The molecule has 0 amide bonds. The van der Waals surface area contributed by atoms with Crippen LogP contribution in [0.5, 0.6) is 11.5 Å². The number of hydrogen-bond donors (Lipinski definition) is 1. The number of methoxy groups -OCH3 is 1. The van der Waals surface area contributed by atoms with Crippen molar-refractivity contribution >= 4 is 0 Å². The van der Waals surface area contributed by atoms with Gasteiger partial charge in [-0.3, -0.25) is 0 Å². The summed E-state index contributed by atoms with van der Waals surface area (Å²) in [6.07, 6.45) is 5.80. The molecular formula is C19H21NO3. The Morgan fingerprint density at radius 3 is 3.00 bits per heavy atom. The molecule has 2 heterocycles. The fourth-order valence-corrected chi connectivity index (χ4v) is 6.89. The van der Waals surface area contributed by atoms with Crippen molar-refractivity contribution in [2.75, 3.05) is 20.7 Å². The lowest BCUT2D eigenvalue weighted by Gasteiger charge is -2.54. The Morgan fingerprint density at radius 2 is 2.22 bits per heavy atom. The van der Waals surface area contributed by atoms with E-state index in [9.17, 15) is 5.11 Å². The monoisotopic (exact) mass is 311 g/mol. The van der Waals surface area contributed by atoms with Crippen LogP contribution in [-0.2, 0) is 11.8 Å². The maximum Gasteiger partial charge on any atom is 0.165 e. The highest BCUT2D eigenvalue weighted by atomic mass is 16.5. The molecule has 2 fully saturated rings. The standard InChI is InChI=1S/C19H21NO3/c1-20-9-18-7-10-3-6-13(22-2)15-14(10)19(8-18)11(16(18)20)4-5-12(21)17(19)23-15/h3-6,11-12,16-17,21H,7-9H2,1-2H3/t11?,12?,16?,17?,18?,19-/m0/s1. The maximum absolute atomic E-state index is 10.7. The number of fused-ring (bicyclic) bond motifs is 1. The van der Waals surface area contributed by atoms with Crippen LogP contribution >= 0.6 is 0 Å². The predicted molar refractivity (Wildman–Crippen MR) is 84.9 cm³/mol. The van der Waals surface area contributed by atoms with Crippen molar-refractivity contribution in [3.63, 3.8) is 0 Å². The van der Waals surface area contributed by atoms with E-state index in [0.717, 1.165) is 30.9 Å². The molecule has 120 valence electrons. The summed E-state index contributed by atoms with van der Waals surface area (Å²) in [6.45, 7) is 1.16. The van der Waals surface area contributed by atoms with Gasteiger partial charge < -0.3 is 19.5 Å². The van der Waals surface area contributed by atoms with Crippen LogP contribution in [-0.4, -0.2) is 49.0 Å². The average molecular weight is 311 g/mol. The van der Waals surface area contributed by atoms with Crippen LogP contribution in [0.2, 0.25) is 0 Å². The second-order valence-electron chi connectivity index (χ2n) is 8.19. The highest BCUT2D eigenvalue weighted by molar-refractivity contribution is 5.63. The van der Waals surface area contributed by atoms with Gasteiger partial charge in [0.2, 0.25) is 0 Å². The van der Waals surface area contributed by atoms with Gasteiger partial charge in [0.25, 0.3) is 0 Å². The van der Waals surface area contributed by atoms with E-state index >= 15 is 0 Å². The Morgan fingerprint density at radius 1 is 1.35 bits per heavy atom. The first-order valence-electron chi connectivity index (χ1n) is 8.54. The molecule has 4 heteroatoms. The number of rotatable bonds is 1. The maximum atomic E-state index is 10.7. The summed E-state index contributed by atoms with van der Waals surface area (Å²) in [5, 5.41) is 10.7. The lowest BCUT2D eigenvalue weighted by atomic mass is 9.60. The summed E-state index contributed by atoms with van der Waals surface area (Å²) in [6, 6.07) is 4.84. The molecular weight excluding hydrogens is 290 g/mol. The van der Waals surface area contributed by atoms with Crippen LogP contribution in [0, 0.1) is 11.3 Å². The molecule has 1 saturated heterocycles. The van der Waals surface area contributed by atoms with Crippen LogP contribution in [0.3, 0.4) is 0 Å². The SMILES string of the molecule is COc1ccc2c3c1OC1C(O)C=CC4C5N(C)CC5(C2)C[C@@]341. The van der Waals surface area contributed by atoms with Crippen molar-refractivity contribution in [1.82, 2.24) is 4.90 Å². The lowest BCUT2D eigenvalue weighted by Crippen LogP contribution is -2.62. The van der Waals surface area contributed by atoms with E-state index in [0.29, 0.717) is 17.4 Å². The van der Waals surface area contributed by atoms with Gasteiger partial charge in [-0.05, 0) is 31.5 Å². The fraction of sp³-hybridized carbons (Fsp3) is 0.579. The van der Waals surface area contributed by atoms with E-state index in [1.807, 2.05) is 12.1 Å². The third-order valence-electron chi connectivity index (χ3n) is 7.26. The molecule has 0 radical (unpaired) electrons. The molecule has 1 N–H and O–H groups in total. The van der Waals surface area contributed by atoms with Gasteiger partial charge in [-0.1, -0.05) is 18.2 Å². The van der Waals surface area contributed by atoms with E-state index < -0.39 is 6.10 Å². The lowest BCUT2D eigenvalue weighted by molar-refractivity contribution is -0.0433. The van der Waals surface area contributed by atoms with Crippen molar-refractivity contribution in [2.45, 2.75) is 36.5 Å². The minimum atomic E-state index is -0.533. The summed E-state index contributed by atoms with van der Waals surface area (Å²) in [4.78, 5) is 2.50. The number of benzene rings is 1. The smallest absolute Gasteiger partial charge is 0.165 e. The molecule has 2 aliphatic heterocycles. The van der Waals surface area contributed by atoms with Crippen molar-refractivity contribution in [2.24, 2.45) is 11.3 Å². The molecule has 1 saturated carbocycles. The minimum Gasteiger partial charge on any atom is -0.493 e. The fourth-order valence-electron chi connectivity index (χ4n) is 6.89. The van der Waals surface area contributed by atoms with Crippen LogP contribution in [0.1, 0.15) is 17.5 Å². The van der Waals surface area contributed by atoms with Gasteiger partial charge in [0.15, 0.2) is 11.5 Å². The molecule has 3 aliphatic carbocycles. The Labute approximate surface area is 135 Å². The molecule has 2 spiro atoms. The second kappa shape index (κ2) is 3.60. The highest BCUT2D eigenvalue weighted by Crippen LogP contribution is 2.72. The van der Waals surface area contributed by atoms with E-state index in [4.69, 9.17) is 9.47 Å². The average Bonchev–Trinajstić information content (AvgIpc) is 2.96. The molecule has 4 nitrogen and oxygen atoms in total. The third-order valence-corrected chi connectivity index (χ3v) is 7.26. The Balaban J connectivity index is 1.69. The van der Waals surface area contributed by atoms with Crippen LogP contribution in [0.25, 0.3) is 0 Å². The van der Waals surface area contributed by atoms with Gasteiger partial charge in [0.1, 0.15) is 12.2 Å². The first kappa shape index (κ1) is 12.8. The van der Waals surface area contributed by atoms with E-state index in [1.54, 1.807) is 7.11 Å². The number of ether oxygens (including phenoxy) is 2. The van der Waals surface area contributed by atoms with Crippen LogP contribution < -0.4 is 9.47 Å². The zero-order valence-corrected chi connectivity index (χ0v) is 13.5. The largest absolute Gasteiger partial charge is 0.493 e. The topological polar surface area (TPSA) is 41.9 Å². The Hall–Kier alpha value is -1.52. The summed E-state index contributed by atoms with van der Waals surface area (Å²) in [5.41, 5.74) is 3.04. The highest BCUT2D eigenvalue weighted by Gasteiger charge is 2.75. The van der Waals surface area contributed by atoms with E-state index in [1.165, 1.54) is 11.1 Å². The molecule has 6 atom stereocenters. The molecule has 23 heavy (non-hydrogen) atoms. The molecule has 5 unspecified atom stereocenters. The van der Waals surface area contributed by atoms with Gasteiger partial charge in [-0.2, -0.15) is 0 Å². The van der Waals surface area contributed by atoms with Crippen molar-refractivity contribution < 1.29 is 14.6 Å². The Bertz CT molecular complexity index is 774. The molecule has 6 rings (SSSR count). The summed E-state index contributed by atoms with van der Waals surface area (Å²) in [5.74, 6) is 2.13. The third kappa shape index (κ3) is 1.14. The van der Waals surface area contributed by atoms with Crippen LogP contribution in [0.4, 0.5) is 0 Å². The van der Waals surface area contributed by atoms with Gasteiger partial charge >= 0.3 is 0 Å². The summed E-state index contributed by atoms with van der Waals surface area (Å²) >= 11 is 0. The van der Waals surface area contributed by atoms with E-state index in [2.05, 4.69) is 24.1 Å². The zero-order chi connectivity index (χ0) is 15.6. The van der Waals surface area contributed by atoms with Gasteiger partial charge in [0, 0.05) is 34.9 Å². The summed E-state index contributed by atoms with van der Waals surface area (Å²) in [7, 11) is 3.94. The molecule has 5 aliphatic rings. The van der Waals surface area contributed by atoms with Crippen molar-refractivity contribution in [1.29, 1.82) is 0 Å². The predicted octanol–water partition coefficient (Wildman–Crippen LogP) is 1.50. The van der Waals surface area contributed by atoms with Crippen LogP contribution in [0.15, 0.2) is 24.3 Å². The number of nitrogens with zero attached hydrogens (tertiary/aromatic N) is 1. The number of aliphatic hydroxyl groups is 1. The second-order valence-corrected chi connectivity index (χ2v) is 8.19. The minimum absolute atomic E-state index is 0.0684. The Kier molecular flexibility index (Phi) is 2.01. The van der Waals surface area contributed by atoms with Crippen molar-refractivity contribution in [3.8, 4) is 11.5 Å². The quantitative estimate of drug-likeness (QED) is 0.798. The van der Waals surface area contributed by atoms with Gasteiger partial charge in [-0.15, -0.1) is 0 Å². The first-order valence-corrected chi connectivity index (χ1v) is 8.54. The van der Waals surface area contributed by atoms with Gasteiger partial charge in [-0.25, -0.2) is 0 Å². The van der Waals surface area contributed by atoms with Gasteiger partial charge in [0.05, 0.1) is 7.11 Å². The zero-order valence-electron chi connectivity index (χ0n) is 13.5. The van der Waals surface area contributed by atoms with Crippen molar-refractivity contribution in [3.05, 3.63) is 35.4 Å². The molecule has 0 aromatic heterocycles. The first-order chi connectivity index (χ1) is 11.1. The molecule has 1 aromatic rings. The molecule has 2 bridgehead atoms. The molecule has 1 aromatic carbocycles. The number of hydrogen-bond acceptors (Lipinski definition) is 4. The normalized spacial score (nSPS) is 47.6. The van der Waals surface area contributed by atoms with E-state index in [-0.39, 0.29) is 11.5 Å². The number of aliphatic hydroxyl groups excluding tert-OH is 1.